The molecule has 1 atom stereocenters. The van der Waals surface area contributed by atoms with Gasteiger partial charge in [0.25, 0.3) is 0 Å². The van der Waals surface area contributed by atoms with Crippen molar-refractivity contribution >= 4 is 39.8 Å². The number of aromatic nitrogens is 2. The first-order valence-electron chi connectivity index (χ1n) is 8.24. The van der Waals surface area contributed by atoms with Gasteiger partial charge in [-0.3, -0.25) is 4.79 Å². The van der Waals surface area contributed by atoms with Crippen LogP contribution in [0, 0.1) is 0 Å². The molecule has 0 aliphatic heterocycles. The Morgan fingerprint density at radius 3 is 2.44 bits per heavy atom. The van der Waals surface area contributed by atoms with E-state index in [4.69, 9.17) is 4.74 Å². The van der Waals surface area contributed by atoms with Crippen molar-refractivity contribution < 1.29 is 9.53 Å². The van der Waals surface area contributed by atoms with Gasteiger partial charge in [0.2, 0.25) is 11.0 Å². The third kappa shape index (κ3) is 4.99. The van der Waals surface area contributed by atoms with E-state index in [2.05, 4.69) is 15.5 Å². The van der Waals surface area contributed by atoms with Gasteiger partial charge in [-0.05, 0) is 29.8 Å². The summed E-state index contributed by atoms with van der Waals surface area (Å²) in [5.74, 6) is 0.813. The van der Waals surface area contributed by atoms with Gasteiger partial charge in [-0.1, -0.05) is 53.4 Å². The van der Waals surface area contributed by atoms with E-state index in [0.717, 1.165) is 21.3 Å². The van der Waals surface area contributed by atoms with Crippen molar-refractivity contribution in [2.45, 2.75) is 9.59 Å². The molecule has 27 heavy (non-hydrogen) atoms. The summed E-state index contributed by atoms with van der Waals surface area (Å²) in [5.41, 5.74) is 1.84. The molecule has 0 saturated carbocycles. The third-order valence-electron chi connectivity index (χ3n) is 3.73. The maximum Gasteiger partial charge on any atom is 0.240 e. The van der Waals surface area contributed by atoms with Gasteiger partial charge >= 0.3 is 0 Å². The Kier molecular flexibility index (Phi) is 6.31. The number of carbonyl (C=O) groups excluding carboxylic acids is 1. The Labute approximate surface area is 166 Å². The number of thioether (sulfide) groups is 1. The zero-order valence-corrected chi connectivity index (χ0v) is 16.9. The Bertz CT molecular complexity index is 882. The standard InChI is InChI=1S/C19H20N4O2S2/c1-23(2)17(24)16(13-7-5-4-6-8-13)26-19-22-21-18(27-19)20-14-9-11-15(25-3)12-10-14/h4-12,16H,1-3H3,(H,20,21)/t16-/m1/s1. The quantitative estimate of drug-likeness (QED) is 0.599. The highest BCUT2D eigenvalue weighted by molar-refractivity contribution is 8.01. The van der Waals surface area contributed by atoms with Gasteiger partial charge in [0, 0.05) is 19.8 Å². The molecule has 140 valence electrons. The highest BCUT2D eigenvalue weighted by Crippen LogP contribution is 2.39. The number of benzene rings is 2. The number of ether oxygens (including phenoxy) is 1. The van der Waals surface area contributed by atoms with Crippen molar-refractivity contribution in [2.24, 2.45) is 0 Å². The number of anilines is 2. The summed E-state index contributed by atoms with van der Waals surface area (Å²) in [6, 6.07) is 17.3. The van der Waals surface area contributed by atoms with Gasteiger partial charge in [-0.2, -0.15) is 0 Å². The lowest BCUT2D eigenvalue weighted by molar-refractivity contribution is -0.128. The van der Waals surface area contributed by atoms with Gasteiger partial charge in [-0.25, -0.2) is 0 Å². The SMILES string of the molecule is COc1ccc(Nc2nnc(S[C@@H](C(=O)N(C)C)c3ccccc3)s2)cc1. The highest BCUT2D eigenvalue weighted by Gasteiger charge is 2.25. The smallest absolute Gasteiger partial charge is 0.240 e. The molecule has 0 spiro atoms. The number of carbonyl (C=O) groups is 1. The average molecular weight is 401 g/mol. The number of rotatable bonds is 7. The monoisotopic (exact) mass is 400 g/mol. The molecule has 1 aromatic heterocycles. The number of nitrogens with one attached hydrogen (secondary N) is 1. The van der Waals surface area contributed by atoms with Gasteiger partial charge in [-0.15, -0.1) is 10.2 Å². The number of hydrogen-bond acceptors (Lipinski definition) is 7. The van der Waals surface area contributed by atoms with E-state index in [0.29, 0.717) is 5.13 Å². The second-order valence-electron chi connectivity index (χ2n) is 5.87. The van der Waals surface area contributed by atoms with E-state index in [9.17, 15) is 4.79 Å². The summed E-state index contributed by atoms with van der Waals surface area (Å²) in [7, 11) is 5.15. The Hall–Kier alpha value is -2.58. The topological polar surface area (TPSA) is 67.3 Å². The molecule has 1 heterocycles. The number of amides is 1. The predicted octanol–water partition coefficient (Wildman–Crippen LogP) is 4.21. The summed E-state index contributed by atoms with van der Waals surface area (Å²) in [6.07, 6.45) is 0. The first-order valence-corrected chi connectivity index (χ1v) is 9.94. The molecular weight excluding hydrogens is 380 g/mol. The first kappa shape index (κ1) is 19.2. The van der Waals surface area contributed by atoms with E-state index >= 15 is 0 Å². The fourth-order valence-corrected chi connectivity index (χ4v) is 4.44. The second kappa shape index (κ2) is 8.88. The molecule has 0 saturated heterocycles. The molecule has 0 aliphatic carbocycles. The van der Waals surface area contributed by atoms with Crippen LogP contribution < -0.4 is 10.1 Å². The van der Waals surface area contributed by atoms with Crippen molar-refractivity contribution in [3.05, 3.63) is 60.2 Å². The van der Waals surface area contributed by atoms with Crippen LogP contribution in [0.2, 0.25) is 0 Å². The third-order valence-corrected chi connectivity index (χ3v) is 5.90. The molecule has 1 N–H and O–H groups in total. The van der Waals surface area contributed by atoms with Crippen molar-refractivity contribution in [3.63, 3.8) is 0 Å². The van der Waals surface area contributed by atoms with Gasteiger partial charge in [0.1, 0.15) is 11.0 Å². The fraction of sp³-hybridized carbons (Fsp3) is 0.211. The molecule has 0 unspecified atom stereocenters. The van der Waals surface area contributed by atoms with E-state index in [-0.39, 0.29) is 11.2 Å². The molecule has 0 radical (unpaired) electrons. The van der Waals surface area contributed by atoms with Crippen molar-refractivity contribution in [3.8, 4) is 5.75 Å². The van der Waals surface area contributed by atoms with Crippen LogP contribution in [0.5, 0.6) is 5.75 Å². The maximum absolute atomic E-state index is 12.6. The Morgan fingerprint density at radius 2 is 1.81 bits per heavy atom. The molecule has 1 amide bonds. The largest absolute Gasteiger partial charge is 0.497 e. The molecule has 2 aromatic carbocycles. The summed E-state index contributed by atoms with van der Waals surface area (Å²) in [4.78, 5) is 14.2. The zero-order chi connectivity index (χ0) is 19.2. The fourth-order valence-electron chi connectivity index (χ4n) is 2.33. The molecular formula is C19H20N4O2S2. The van der Waals surface area contributed by atoms with Gasteiger partial charge in [0.15, 0.2) is 4.34 Å². The van der Waals surface area contributed by atoms with Crippen LogP contribution in [0.4, 0.5) is 10.8 Å². The second-order valence-corrected chi connectivity index (χ2v) is 8.20. The first-order chi connectivity index (χ1) is 13.1. The van der Waals surface area contributed by atoms with Gasteiger partial charge < -0.3 is 15.0 Å². The summed E-state index contributed by atoms with van der Waals surface area (Å²) < 4.78 is 5.89. The minimum Gasteiger partial charge on any atom is -0.497 e. The number of methoxy groups -OCH3 is 1. The lowest BCUT2D eigenvalue weighted by Gasteiger charge is -2.19. The molecule has 0 aliphatic rings. The van der Waals surface area contributed by atoms with E-state index in [1.165, 1.54) is 23.1 Å². The Balaban J connectivity index is 1.74. The van der Waals surface area contributed by atoms with Crippen LogP contribution in [0.15, 0.2) is 58.9 Å². The summed E-state index contributed by atoms with van der Waals surface area (Å²) >= 11 is 2.83. The van der Waals surface area contributed by atoms with Crippen LogP contribution in [0.3, 0.4) is 0 Å². The van der Waals surface area contributed by atoms with Crippen LogP contribution in [-0.4, -0.2) is 42.2 Å². The normalized spacial score (nSPS) is 11.7. The molecule has 0 bridgehead atoms. The van der Waals surface area contributed by atoms with Crippen LogP contribution >= 0.6 is 23.1 Å². The van der Waals surface area contributed by atoms with Crippen LogP contribution in [0.25, 0.3) is 0 Å². The van der Waals surface area contributed by atoms with E-state index in [1.807, 2.05) is 54.6 Å². The zero-order valence-electron chi connectivity index (χ0n) is 15.2. The highest BCUT2D eigenvalue weighted by atomic mass is 32.2. The van der Waals surface area contributed by atoms with Crippen molar-refractivity contribution in [2.75, 3.05) is 26.5 Å². The summed E-state index contributed by atoms with van der Waals surface area (Å²) in [5, 5.41) is 11.9. The van der Waals surface area contributed by atoms with Crippen molar-refractivity contribution in [1.29, 1.82) is 0 Å². The minimum absolute atomic E-state index is 0.0195. The predicted molar refractivity (Wildman–Crippen MR) is 110 cm³/mol. The number of likely N-dealkylation sites (N-methyl/N-ethyl adjacent to an activating group) is 1. The van der Waals surface area contributed by atoms with E-state index < -0.39 is 0 Å². The van der Waals surface area contributed by atoms with E-state index in [1.54, 1.807) is 26.1 Å². The maximum atomic E-state index is 12.6. The molecule has 3 rings (SSSR count). The van der Waals surface area contributed by atoms with Gasteiger partial charge in [0.05, 0.1) is 7.11 Å². The molecule has 8 heteroatoms. The summed E-state index contributed by atoms with van der Waals surface area (Å²) in [6.45, 7) is 0. The van der Waals surface area contributed by atoms with Crippen LogP contribution in [-0.2, 0) is 4.79 Å². The number of hydrogen-bond donors (Lipinski definition) is 1. The molecule has 3 aromatic rings. The average Bonchev–Trinajstić information content (AvgIpc) is 3.13. The number of nitrogens with zero attached hydrogens (tertiary/aromatic N) is 3. The van der Waals surface area contributed by atoms with Crippen molar-refractivity contribution in [1.82, 2.24) is 15.1 Å². The molecule has 6 nitrogen and oxygen atoms in total. The van der Waals surface area contributed by atoms with Crippen LogP contribution in [0.1, 0.15) is 10.8 Å². The lowest BCUT2D eigenvalue weighted by Crippen LogP contribution is -2.26. The molecule has 0 fully saturated rings. The minimum atomic E-state index is -0.358. The Morgan fingerprint density at radius 1 is 1.11 bits per heavy atom. The lowest BCUT2D eigenvalue weighted by atomic mass is 10.1.